The lowest BCUT2D eigenvalue weighted by Crippen LogP contribution is -1.95. The highest BCUT2D eigenvalue weighted by molar-refractivity contribution is 5.33. The van der Waals surface area contributed by atoms with Gasteiger partial charge in [0.05, 0.1) is 0 Å². The summed E-state index contributed by atoms with van der Waals surface area (Å²) in [5.74, 6) is 1.77. The van der Waals surface area contributed by atoms with Crippen molar-refractivity contribution >= 4 is 0 Å². The molecule has 0 aliphatic heterocycles. The molecule has 0 atom stereocenters. The lowest BCUT2D eigenvalue weighted by atomic mass is 10.1. The van der Waals surface area contributed by atoms with Crippen molar-refractivity contribution in [2.45, 2.75) is 25.4 Å². The molecule has 2 aromatic carbocycles. The molecule has 1 aliphatic carbocycles. The topological polar surface area (TPSA) is 9.23 Å². The summed E-state index contributed by atoms with van der Waals surface area (Å²) in [5, 5.41) is 0. The minimum atomic E-state index is 0.648. The largest absolute Gasteiger partial charge is 0.489 e. The van der Waals surface area contributed by atoms with Gasteiger partial charge in [0.1, 0.15) is 12.4 Å². The predicted octanol–water partition coefficient (Wildman–Crippen LogP) is 4.14. The van der Waals surface area contributed by atoms with Gasteiger partial charge in [-0.05, 0) is 42.0 Å². The van der Waals surface area contributed by atoms with Crippen molar-refractivity contribution in [3.63, 3.8) is 0 Å². The van der Waals surface area contributed by atoms with Crippen LogP contribution in [0.4, 0.5) is 0 Å². The highest BCUT2D eigenvalue weighted by Crippen LogP contribution is 2.40. The van der Waals surface area contributed by atoms with E-state index in [1.54, 1.807) is 0 Å². The lowest BCUT2D eigenvalue weighted by Gasteiger charge is -2.07. The van der Waals surface area contributed by atoms with E-state index in [2.05, 4.69) is 30.3 Å². The molecule has 1 nitrogen and oxygen atoms in total. The molecule has 1 aliphatic rings. The normalized spacial score (nSPS) is 14.6. The van der Waals surface area contributed by atoms with Crippen molar-refractivity contribution in [2.24, 2.45) is 0 Å². The van der Waals surface area contributed by atoms with Crippen LogP contribution in [0.2, 0.25) is 0 Å². The Kier molecular flexibility index (Phi) is 2.83. The average molecular weight is 224 g/mol. The van der Waals surface area contributed by atoms with Gasteiger partial charge in [-0.25, -0.2) is 0 Å². The van der Waals surface area contributed by atoms with E-state index in [0.29, 0.717) is 6.61 Å². The van der Waals surface area contributed by atoms with Crippen LogP contribution in [0.15, 0.2) is 54.6 Å². The van der Waals surface area contributed by atoms with Crippen LogP contribution in [0, 0.1) is 0 Å². The van der Waals surface area contributed by atoms with Gasteiger partial charge in [0.15, 0.2) is 0 Å². The second kappa shape index (κ2) is 4.62. The maximum absolute atomic E-state index is 5.81. The van der Waals surface area contributed by atoms with E-state index in [4.69, 9.17) is 4.74 Å². The van der Waals surface area contributed by atoms with Crippen molar-refractivity contribution in [2.75, 3.05) is 0 Å². The van der Waals surface area contributed by atoms with Crippen molar-refractivity contribution in [1.82, 2.24) is 0 Å². The van der Waals surface area contributed by atoms with Crippen LogP contribution in [0.25, 0.3) is 0 Å². The number of hydrogen-bond acceptors (Lipinski definition) is 1. The molecular formula is C16H16O. The van der Waals surface area contributed by atoms with E-state index in [9.17, 15) is 0 Å². The Morgan fingerprint density at radius 3 is 2.53 bits per heavy atom. The fourth-order valence-corrected chi connectivity index (χ4v) is 2.02. The molecule has 1 heteroatoms. The van der Waals surface area contributed by atoms with E-state index in [-0.39, 0.29) is 0 Å². The molecule has 0 spiro atoms. The summed E-state index contributed by atoms with van der Waals surface area (Å²) in [4.78, 5) is 0. The maximum atomic E-state index is 5.81. The summed E-state index contributed by atoms with van der Waals surface area (Å²) in [7, 11) is 0. The van der Waals surface area contributed by atoms with E-state index in [1.165, 1.54) is 24.0 Å². The Hall–Kier alpha value is -1.76. The fraction of sp³-hybridized carbons (Fsp3) is 0.250. The average Bonchev–Trinajstić information content (AvgIpc) is 3.22. The number of hydrogen-bond donors (Lipinski definition) is 0. The first kappa shape index (κ1) is 10.4. The second-order valence-corrected chi connectivity index (χ2v) is 4.62. The smallest absolute Gasteiger partial charge is 0.120 e. The van der Waals surface area contributed by atoms with E-state index < -0.39 is 0 Å². The van der Waals surface area contributed by atoms with Crippen LogP contribution in [-0.2, 0) is 6.61 Å². The summed E-state index contributed by atoms with van der Waals surface area (Å²) in [6, 6.07) is 18.8. The zero-order valence-corrected chi connectivity index (χ0v) is 9.80. The molecule has 0 N–H and O–H groups in total. The Bertz CT molecular complexity index is 486. The van der Waals surface area contributed by atoms with Crippen LogP contribution in [0.5, 0.6) is 5.75 Å². The molecule has 17 heavy (non-hydrogen) atoms. The van der Waals surface area contributed by atoms with Crippen LogP contribution < -0.4 is 4.74 Å². The number of ether oxygens (including phenoxy) is 1. The lowest BCUT2D eigenvalue weighted by molar-refractivity contribution is 0.306. The zero-order chi connectivity index (χ0) is 11.5. The van der Waals surface area contributed by atoms with Gasteiger partial charge in [0.25, 0.3) is 0 Å². The molecular weight excluding hydrogens is 208 g/mol. The van der Waals surface area contributed by atoms with Crippen LogP contribution in [0.3, 0.4) is 0 Å². The number of rotatable bonds is 4. The highest BCUT2D eigenvalue weighted by atomic mass is 16.5. The monoisotopic (exact) mass is 224 g/mol. The molecule has 3 rings (SSSR count). The zero-order valence-electron chi connectivity index (χ0n) is 9.80. The minimum absolute atomic E-state index is 0.648. The van der Waals surface area contributed by atoms with Gasteiger partial charge in [-0.15, -0.1) is 0 Å². The van der Waals surface area contributed by atoms with Gasteiger partial charge in [-0.2, -0.15) is 0 Å². The van der Waals surface area contributed by atoms with E-state index >= 15 is 0 Å². The standard InChI is InChI=1S/C16H16O/c1-2-5-13(6-3-1)12-17-16-8-4-7-15(11-16)14-9-10-14/h1-8,11,14H,9-10,12H2. The molecule has 2 aromatic rings. The van der Waals surface area contributed by atoms with Gasteiger partial charge in [0, 0.05) is 0 Å². The summed E-state index contributed by atoms with van der Waals surface area (Å²) in [6.45, 7) is 0.648. The molecule has 0 radical (unpaired) electrons. The summed E-state index contributed by atoms with van der Waals surface area (Å²) in [5.41, 5.74) is 2.64. The first-order chi connectivity index (χ1) is 8.42. The first-order valence-corrected chi connectivity index (χ1v) is 6.18. The summed E-state index contributed by atoms with van der Waals surface area (Å²) >= 11 is 0. The van der Waals surface area contributed by atoms with Crippen LogP contribution >= 0.6 is 0 Å². The summed E-state index contributed by atoms with van der Waals surface area (Å²) in [6.07, 6.45) is 2.67. The van der Waals surface area contributed by atoms with Gasteiger partial charge in [0.2, 0.25) is 0 Å². The Balaban J connectivity index is 1.66. The van der Waals surface area contributed by atoms with Gasteiger partial charge >= 0.3 is 0 Å². The first-order valence-electron chi connectivity index (χ1n) is 6.18. The quantitative estimate of drug-likeness (QED) is 0.758. The minimum Gasteiger partial charge on any atom is -0.489 e. The Morgan fingerprint density at radius 2 is 1.76 bits per heavy atom. The Labute approximate surface area is 102 Å². The predicted molar refractivity (Wildman–Crippen MR) is 69.2 cm³/mol. The SMILES string of the molecule is c1ccc(COc2cccc(C3CC3)c2)cc1. The fourth-order valence-electron chi connectivity index (χ4n) is 2.02. The second-order valence-electron chi connectivity index (χ2n) is 4.62. The van der Waals surface area contributed by atoms with Crippen molar-refractivity contribution in [3.05, 3.63) is 65.7 Å². The molecule has 0 aromatic heterocycles. The molecule has 86 valence electrons. The van der Waals surface area contributed by atoms with Crippen molar-refractivity contribution in [1.29, 1.82) is 0 Å². The molecule has 0 bridgehead atoms. The molecule has 0 heterocycles. The highest BCUT2D eigenvalue weighted by Gasteiger charge is 2.23. The molecule has 0 unspecified atom stereocenters. The van der Waals surface area contributed by atoms with E-state index in [0.717, 1.165) is 11.7 Å². The van der Waals surface area contributed by atoms with Crippen LogP contribution in [0.1, 0.15) is 29.9 Å². The third-order valence-corrected chi connectivity index (χ3v) is 3.16. The molecule has 0 amide bonds. The van der Waals surface area contributed by atoms with Crippen molar-refractivity contribution in [3.8, 4) is 5.75 Å². The maximum Gasteiger partial charge on any atom is 0.120 e. The molecule has 1 fully saturated rings. The van der Waals surface area contributed by atoms with Crippen molar-refractivity contribution < 1.29 is 4.74 Å². The van der Waals surface area contributed by atoms with Gasteiger partial charge in [-0.1, -0.05) is 42.5 Å². The Morgan fingerprint density at radius 1 is 0.941 bits per heavy atom. The van der Waals surface area contributed by atoms with Gasteiger partial charge in [-0.3, -0.25) is 0 Å². The molecule has 1 saturated carbocycles. The third kappa shape index (κ3) is 2.68. The van der Waals surface area contributed by atoms with Crippen LogP contribution in [-0.4, -0.2) is 0 Å². The number of benzene rings is 2. The summed E-state index contributed by atoms with van der Waals surface area (Å²) < 4.78 is 5.81. The third-order valence-electron chi connectivity index (χ3n) is 3.16. The van der Waals surface area contributed by atoms with Gasteiger partial charge < -0.3 is 4.74 Å². The molecule has 0 saturated heterocycles. The van der Waals surface area contributed by atoms with E-state index in [1.807, 2.05) is 24.3 Å².